The van der Waals surface area contributed by atoms with E-state index in [0.717, 1.165) is 29.2 Å². The van der Waals surface area contributed by atoms with Crippen molar-refractivity contribution < 1.29 is 4.42 Å². The van der Waals surface area contributed by atoms with Gasteiger partial charge in [-0.05, 0) is 18.6 Å². The van der Waals surface area contributed by atoms with Crippen molar-refractivity contribution in [1.29, 1.82) is 0 Å². The van der Waals surface area contributed by atoms with Gasteiger partial charge in [0.05, 0.1) is 0 Å². The monoisotopic (exact) mass is 178 g/mol. The van der Waals surface area contributed by atoms with Gasteiger partial charge in [-0.15, -0.1) is 0 Å². The molecular formula is C12H18O. The molecule has 13 heavy (non-hydrogen) atoms. The summed E-state index contributed by atoms with van der Waals surface area (Å²) in [6.07, 6.45) is 4.33. The van der Waals surface area contributed by atoms with E-state index in [9.17, 15) is 0 Å². The molecule has 0 spiro atoms. The second-order valence-corrected chi connectivity index (χ2v) is 3.69. The van der Waals surface area contributed by atoms with Crippen molar-refractivity contribution in [1.82, 2.24) is 0 Å². The first kappa shape index (κ1) is 10.1. The van der Waals surface area contributed by atoms with Crippen molar-refractivity contribution in [3.05, 3.63) is 22.5 Å². The molecule has 0 aliphatic heterocycles. The lowest BCUT2D eigenvalue weighted by atomic mass is 10.1. The minimum Gasteiger partial charge on any atom is -0.461 e. The van der Waals surface area contributed by atoms with Crippen LogP contribution in [0.4, 0.5) is 0 Å². The van der Waals surface area contributed by atoms with Gasteiger partial charge in [-0.25, -0.2) is 0 Å². The average Bonchev–Trinajstić information content (AvgIpc) is 2.44. The van der Waals surface area contributed by atoms with Gasteiger partial charge in [0.25, 0.3) is 0 Å². The quantitative estimate of drug-likeness (QED) is 0.692. The summed E-state index contributed by atoms with van der Waals surface area (Å²) in [6.45, 7) is 10.4. The zero-order valence-corrected chi connectivity index (χ0v) is 8.76. The van der Waals surface area contributed by atoms with Crippen LogP contribution >= 0.6 is 0 Å². The van der Waals surface area contributed by atoms with E-state index in [1.165, 1.54) is 0 Å². The Balaban J connectivity index is 3.03. The molecule has 1 nitrogen and oxygen atoms in total. The third kappa shape index (κ3) is 2.48. The Morgan fingerprint density at radius 2 is 2.23 bits per heavy atom. The summed E-state index contributed by atoms with van der Waals surface area (Å²) in [4.78, 5) is 0. The van der Waals surface area contributed by atoms with Crippen LogP contribution in [-0.2, 0) is 0 Å². The van der Waals surface area contributed by atoms with Crippen LogP contribution in [0.1, 0.15) is 45.3 Å². The maximum absolute atomic E-state index is 5.66. The van der Waals surface area contributed by atoms with E-state index >= 15 is 0 Å². The Morgan fingerprint density at radius 1 is 1.54 bits per heavy atom. The molecule has 0 aliphatic carbocycles. The summed E-state index contributed by atoms with van der Waals surface area (Å²) in [5.74, 6) is 1.48. The van der Waals surface area contributed by atoms with Gasteiger partial charge in [0.2, 0.25) is 0 Å². The highest BCUT2D eigenvalue weighted by Gasteiger charge is 2.02. The van der Waals surface area contributed by atoms with Gasteiger partial charge in [0, 0.05) is 11.1 Å². The van der Waals surface area contributed by atoms with E-state index < -0.39 is 0 Å². The van der Waals surface area contributed by atoms with Crippen LogP contribution in [0, 0.1) is 0 Å². The minimum atomic E-state index is 0.448. The van der Waals surface area contributed by atoms with Gasteiger partial charge < -0.3 is 4.42 Å². The topological polar surface area (TPSA) is 13.1 Å². The molecule has 1 heteroatoms. The summed E-state index contributed by atoms with van der Waals surface area (Å²) in [5.41, 5.74) is 0.950. The molecule has 0 saturated heterocycles. The molecule has 0 saturated carbocycles. The van der Waals surface area contributed by atoms with Crippen LogP contribution in [0.3, 0.4) is 0 Å². The summed E-state index contributed by atoms with van der Waals surface area (Å²) in [7, 11) is 0. The number of rotatable bonds is 3. The molecule has 0 bridgehead atoms. The van der Waals surface area contributed by atoms with Gasteiger partial charge >= 0.3 is 0 Å². The third-order valence-electron chi connectivity index (χ3n) is 2.05. The van der Waals surface area contributed by atoms with Crippen molar-refractivity contribution in [2.45, 2.75) is 39.5 Å². The fourth-order valence-corrected chi connectivity index (χ4v) is 1.20. The van der Waals surface area contributed by atoms with Crippen LogP contribution in [0.5, 0.6) is 0 Å². The van der Waals surface area contributed by atoms with Crippen LogP contribution in [-0.4, -0.2) is 0 Å². The summed E-state index contributed by atoms with van der Waals surface area (Å²) < 4.78 is 5.66. The minimum absolute atomic E-state index is 0.448. The van der Waals surface area contributed by atoms with Crippen LogP contribution in [0.15, 0.2) is 10.5 Å². The first-order valence-electron chi connectivity index (χ1n) is 4.94. The van der Waals surface area contributed by atoms with Crippen molar-refractivity contribution >= 4 is 12.7 Å². The molecule has 0 aliphatic rings. The number of hydrogen-bond acceptors (Lipinski definition) is 1. The zero-order valence-electron chi connectivity index (χ0n) is 8.76. The van der Waals surface area contributed by atoms with Gasteiger partial charge in [0.1, 0.15) is 11.2 Å². The SMILES string of the molecule is C=c1cc(C(C)C)o/c1=C/CCC. The molecule has 0 amide bonds. The van der Waals surface area contributed by atoms with Crippen molar-refractivity contribution in [2.75, 3.05) is 0 Å². The number of hydrogen-bond donors (Lipinski definition) is 0. The molecule has 0 aromatic carbocycles. The van der Waals surface area contributed by atoms with Gasteiger partial charge in [-0.2, -0.15) is 0 Å². The average molecular weight is 178 g/mol. The molecule has 1 aromatic rings. The molecular weight excluding hydrogens is 160 g/mol. The Bertz CT molecular complexity index is 357. The van der Waals surface area contributed by atoms with Crippen molar-refractivity contribution in [3.63, 3.8) is 0 Å². The van der Waals surface area contributed by atoms with Crippen LogP contribution in [0.2, 0.25) is 0 Å². The largest absolute Gasteiger partial charge is 0.461 e. The van der Waals surface area contributed by atoms with E-state index in [1.807, 2.05) is 6.07 Å². The zero-order chi connectivity index (χ0) is 9.84. The van der Waals surface area contributed by atoms with Gasteiger partial charge in [0.15, 0.2) is 0 Å². The predicted octanol–water partition coefficient (Wildman–Crippen LogP) is 2.39. The highest BCUT2D eigenvalue weighted by molar-refractivity contribution is 5.22. The third-order valence-corrected chi connectivity index (χ3v) is 2.05. The molecule has 72 valence electrons. The number of furan rings is 1. The molecule has 0 unspecified atom stereocenters. The fourth-order valence-electron chi connectivity index (χ4n) is 1.20. The second-order valence-electron chi connectivity index (χ2n) is 3.69. The fraction of sp³-hybridized carbons (Fsp3) is 0.500. The highest BCUT2D eigenvalue weighted by atomic mass is 16.3. The molecule has 1 rings (SSSR count). The first-order valence-corrected chi connectivity index (χ1v) is 4.94. The van der Waals surface area contributed by atoms with E-state index in [4.69, 9.17) is 4.42 Å². The lowest BCUT2D eigenvalue weighted by molar-refractivity contribution is 0.459. The van der Waals surface area contributed by atoms with E-state index in [1.54, 1.807) is 0 Å². The standard InChI is InChI=1S/C12H18O/c1-5-6-7-11-10(4)8-12(13-11)9(2)3/h7-9H,4-6H2,1-3H3/b11-7+. The summed E-state index contributed by atoms with van der Waals surface area (Å²) in [5, 5.41) is 1.01. The molecule has 1 aromatic heterocycles. The van der Waals surface area contributed by atoms with Gasteiger partial charge in [-0.3, -0.25) is 0 Å². The van der Waals surface area contributed by atoms with E-state index in [2.05, 4.69) is 33.4 Å². The molecule has 0 radical (unpaired) electrons. The summed E-state index contributed by atoms with van der Waals surface area (Å²) in [6, 6.07) is 2.03. The Morgan fingerprint density at radius 3 is 2.69 bits per heavy atom. The molecule has 0 atom stereocenters. The van der Waals surface area contributed by atoms with Crippen molar-refractivity contribution in [2.24, 2.45) is 0 Å². The smallest absolute Gasteiger partial charge is 0.129 e. The Labute approximate surface area is 79.8 Å². The predicted molar refractivity (Wildman–Crippen MR) is 56.9 cm³/mol. The van der Waals surface area contributed by atoms with Crippen LogP contribution < -0.4 is 10.6 Å². The van der Waals surface area contributed by atoms with E-state index in [0.29, 0.717) is 5.92 Å². The number of unbranched alkanes of at least 4 members (excludes halogenated alkanes) is 1. The summed E-state index contributed by atoms with van der Waals surface area (Å²) >= 11 is 0. The lowest BCUT2D eigenvalue weighted by Gasteiger charge is -1.95. The first-order chi connectivity index (χ1) is 6.15. The van der Waals surface area contributed by atoms with Gasteiger partial charge in [-0.1, -0.05) is 33.8 Å². The molecule has 0 N–H and O–H groups in total. The lowest BCUT2D eigenvalue weighted by Crippen LogP contribution is -2.16. The van der Waals surface area contributed by atoms with Crippen LogP contribution in [0.25, 0.3) is 12.7 Å². The Kier molecular flexibility index (Phi) is 3.35. The van der Waals surface area contributed by atoms with E-state index in [-0.39, 0.29) is 0 Å². The molecule has 0 fully saturated rings. The Hall–Kier alpha value is -0.980. The second kappa shape index (κ2) is 4.31. The molecule has 1 heterocycles. The highest BCUT2D eigenvalue weighted by Crippen LogP contribution is 2.09. The maximum Gasteiger partial charge on any atom is 0.129 e. The van der Waals surface area contributed by atoms with Crippen molar-refractivity contribution in [3.8, 4) is 0 Å². The normalized spacial score (nSPS) is 12.8. The maximum atomic E-state index is 5.66.